The van der Waals surface area contributed by atoms with Crippen molar-refractivity contribution in [2.45, 2.75) is 40.3 Å². The molecule has 17 heavy (non-hydrogen) atoms. The zero-order chi connectivity index (χ0) is 13.0. The molecule has 0 fully saturated rings. The molecule has 2 nitrogen and oxygen atoms in total. The maximum atomic E-state index is 5.80. The summed E-state index contributed by atoms with van der Waals surface area (Å²) in [4.78, 5) is 2.49. The van der Waals surface area contributed by atoms with Gasteiger partial charge in [-0.2, -0.15) is 0 Å². The van der Waals surface area contributed by atoms with Crippen molar-refractivity contribution in [3.05, 3.63) is 28.2 Å². The molecule has 0 aliphatic carbocycles. The van der Waals surface area contributed by atoms with Crippen LogP contribution in [0, 0.1) is 5.92 Å². The lowest BCUT2D eigenvalue weighted by Crippen LogP contribution is -2.33. The van der Waals surface area contributed by atoms with E-state index in [4.69, 9.17) is 5.73 Å². The molecule has 1 rings (SSSR count). The summed E-state index contributed by atoms with van der Waals surface area (Å²) in [5.74, 6) is 0.689. The minimum Gasteiger partial charge on any atom is -0.398 e. The van der Waals surface area contributed by atoms with Gasteiger partial charge in [-0.25, -0.2) is 0 Å². The fraction of sp³-hybridized carbons (Fsp3) is 0.571. The Morgan fingerprint density at radius 1 is 1.24 bits per heavy atom. The van der Waals surface area contributed by atoms with Crippen molar-refractivity contribution in [2.75, 3.05) is 12.3 Å². The highest BCUT2D eigenvalue weighted by molar-refractivity contribution is 9.10. The van der Waals surface area contributed by atoms with Crippen LogP contribution >= 0.6 is 15.9 Å². The minimum absolute atomic E-state index is 0.564. The second-order valence-electron chi connectivity index (χ2n) is 5.27. The summed E-state index contributed by atoms with van der Waals surface area (Å²) in [6, 6.07) is 6.75. The third-order valence-corrected chi connectivity index (χ3v) is 3.47. The van der Waals surface area contributed by atoms with Gasteiger partial charge in [0.1, 0.15) is 0 Å². The monoisotopic (exact) mass is 298 g/mol. The lowest BCUT2D eigenvalue weighted by molar-refractivity contribution is 0.189. The predicted molar refractivity (Wildman–Crippen MR) is 78.9 cm³/mol. The second-order valence-corrected chi connectivity index (χ2v) is 6.13. The summed E-state index contributed by atoms with van der Waals surface area (Å²) >= 11 is 3.48. The van der Waals surface area contributed by atoms with Crippen LogP contribution in [-0.2, 0) is 6.54 Å². The summed E-state index contributed by atoms with van der Waals surface area (Å²) in [5.41, 5.74) is 7.91. The molecule has 1 aromatic rings. The fourth-order valence-electron chi connectivity index (χ4n) is 1.83. The fourth-order valence-corrected chi connectivity index (χ4v) is 2.26. The number of halogens is 1. The molecule has 0 heterocycles. The highest BCUT2D eigenvalue weighted by Gasteiger charge is 2.12. The SMILES string of the molecule is CC(C)CN(Cc1ccc(N)c(Br)c1)C(C)C. The Balaban J connectivity index is 2.75. The molecule has 0 saturated carbocycles. The molecule has 0 bridgehead atoms. The first-order valence-electron chi connectivity index (χ1n) is 6.18. The van der Waals surface area contributed by atoms with Crippen LogP contribution in [0.15, 0.2) is 22.7 Å². The predicted octanol–water partition coefficient (Wildman–Crippen LogP) is 3.90. The number of anilines is 1. The van der Waals surface area contributed by atoms with E-state index in [2.05, 4.69) is 60.7 Å². The molecule has 2 N–H and O–H groups in total. The average Bonchev–Trinajstić information content (AvgIpc) is 2.21. The quantitative estimate of drug-likeness (QED) is 0.836. The van der Waals surface area contributed by atoms with Crippen LogP contribution in [0.25, 0.3) is 0 Å². The summed E-state index contributed by atoms with van der Waals surface area (Å²) in [6.45, 7) is 11.1. The van der Waals surface area contributed by atoms with Crippen molar-refractivity contribution in [3.63, 3.8) is 0 Å². The van der Waals surface area contributed by atoms with Gasteiger partial charge < -0.3 is 5.73 Å². The van der Waals surface area contributed by atoms with Crippen molar-refractivity contribution in [1.29, 1.82) is 0 Å². The number of hydrogen-bond acceptors (Lipinski definition) is 2. The zero-order valence-electron chi connectivity index (χ0n) is 11.2. The normalized spacial score (nSPS) is 11.8. The average molecular weight is 299 g/mol. The molecular formula is C14H23BrN2. The highest BCUT2D eigenvalue weighted by atomic mass is 79.9. The van der Waals surface area contributed by atoms with Crippen LogP contribution in [0.1, 0.15) is 33.3 Å². The Bertz CT molecular complexity index is 361. The van der Waals surface area contributed by atoms with Gasteiger partial charge in [0.05, 0.1) is 0 Å². The first-order valence-corrected chi connectivity index (χ1v) is 6.97. The van der Waals surface area contributed by atoms with Crippen LogP contribution in [0.5, 0.6) is 0 Å². The van der Waals surface area contributed by atoms with E-state index in [0.29, 0.717) is 12.0 Å². The lowest BCUT2D eigenvalue weighted by Gasteiger charge is -2.28. The van der Waals surface area contributed by atoms with Gasteiger partial charge in [-0.1, -0.05) is 19.9 Å². The topological polar surface area (TPSA) is 29.3 Å². The number of hydrogen-bond donors (Lipinski definition) is 1. The first-order chi connectivity index (χ1) is 7.90. The molecule has 0 saturated heterocycles. The second kappa shape index (κ2) is 6.41. The van der Waals surface area contributed by atoms with E-state index >= 15 is 0 Å². The first kappa shape index (κ1) is 14.5. The summed E-state index contributed by atoms with van der Waals surface area (Å²) in [5, 5.41) is 0. The van der Waals surface area contributed by atoms with Crippen LogP contribution in [0.4, 0.5) is 5.69 Å². The van der Waals surface area contributed by atoms with Gasteiger partial charge >= 0.3 is 0 Å². The van der Waals surface area contributed by atoms with Crippen molar-refractivity contribution in [2.24, 2.45) is 5.92 Å². The Hall–Kier alpha value is -0.540. The molecule has 0 atom stereocenters. The molecule has 0 radical (unpaired) electrons. The number of nitrogens with two attached hydrogens (primary N) is 1. The minimum atomic E-state index is 0.564. The standard InChI is InChI=1S/C14H23BrN2/c1-10(2)8-17(11(3)4)9-12-5-6-14(16)13(15)7-12/h5-7,10-11H,8-9,16H2,1-4H3. The van der Waals surface area contributed by atoms with E-state index in [0.717, 1.165) is 23.2 Å². The third kappa shape index (κ3) is 4.68. The van der Waals surface area contributed by atoms with Crippen LogP contribution in [0.3, 0.4) is 0 Å². The molecule has 0 aromatic heterocycles. The van der Waals surface area contributed by atoms with Crippen LogP contribution in [-0.4, -0.2) is 17.5 Å². The van der Waals surface area contributed by atoms with Gasteiger partial charge in [0, 0.05) is 29.3 Å². The van der Waals surface area contributed by atoms with Gasteiger partial charge in [0.25, 0.3) is 0 Å². The number of rotatable bonds is 5. The smallest absolute Gasteiger partial charge is 0.0458 e. The molecule has 1 aromatic carbocycles. The molecule has 96 valence electrons. The van der Waals surface area contributed by atoms with E-state index in [1.807, 2.05) is 6.07 Å². The van der Waals surface area contributed by atoms with E-state index in [9.17, 15) is 0 Å². The number of nitrogens with zero attached hydrogens (tertiary/aromatic N) is 1. The van der Waals surface area contributed by atoms with E-state index in [-0.39, 0.29) is 0 Å². The molecule has 0 aliphatic rings. The van der Waals surface area contributed by atoms with Crippen LogP contribution in [0.2, 0.25) is 0 Å². The van der Waals surface area contributed by atoms with Gasteiger partial charge in [0.2, 0.25) is 0 Å². The largest absolute Gasteiger partial charge is 0.398 e. The van der Waals surface area contributed by atoms with Gasteiger partial charge in [-0.05, 0) is 53.4 Å². The maximum absolute atomic E-state index is 5.80. The van der Waals surface area contributed by atoms with E-state index in [1.54, 1.807) is 0 Å². The van der Waals surface area contributed by atoms with Gasteiger partial charge in [-0.15, -0.1) is 0 Å². The van der Waals surface area contributed by atoms with Gasteiger partial charge in [0.15, 0.2) is 0 Å². The number of nitrogen functional groups attached to an aromatic ring is 1. The van der Waals surface area contributed by atoms with E-state index < -0.39 is 0 Å². The Morgan fingerprint density at radius 2 is 1.88 bits per heavy atom. The Morgan fingerprint density at radius 3 is 2.35 bits per heavy atom. The molecular weight excluding hydrogens is 276 g/mol. The maximum Gasteiger partial charge on any atom is 0.0458 e. The summed E-state index contributed by atoms with van der Waals surface area (Å²) in [6.07, 6.45) is 0. The van der Waals surface area contributed by atoms with Crippen molar-refractivity contribution < 1.29 is 0 Å². The van der Waals surface area contributed by atoms with Crippen molar-refractivity contribution >= 4 is 21.6 Å². The Labute approximate surface area is 113 Å². The van der Waals surface area contributed by atoms with Crippen molar-refractivity contribution in [3.8, 4) is 0 Å². The summed E-state index contributed by atoms with van der Waals surface area (Å²) in [7, 11) is 0. The van der Waals surface area contributed by atoms with Crippen LogP contribution < -0.4 is 5.73 Å². The molecule has 0 spiro atoms. The highest BCUT2D eigenvalue weighted by Crippen LogP contribution is 2.22. The molecule has 0 aliphatic heterocycles. The lowest BCUT2D eigenvalue weighted by atomic mass is 10.1. The zero-order valence-corrected chi connectivity index (χ0v) is 12.8. The number of benzene rings is 1. The summed E-state index contributed by atoms with van der Waals surface area (Å²) < 4.78 is 0.989. The third-order valence-electron chi connectivity index (χ3n) is 2.78. The molecule has 0 unspecified atom stereocenters. The van der Waals surface area contributed by atoms with Crippen molar-refractivity contribution in [1.82, 2.24) is 4.90 Å². The van der Waals surface area contributed by atoms with E-state index in [1.165, 1.54) is 5.56 Å². The molecule has 3 heteroatoms. The molecule has 0 amide bonds. The Kier molecular flexibility index (Phi) is 5.47. The van der Waals surface area contributed by atoms with Gasteiger partial charge in [-0.3, -0.25) is 4.90 Å².